The van der Waals surface area contributed by atoms with Crippen LogP contribution in [0.15, 0.2) is 46.0 Å². The summed E-state index contributed by atoms with van der Waals surface area (Å²) in [5.41, 5.74) is 1.07. The topological polar surface area (TPSA) is 73.5 Å². The molecular formula is C20H26N2O5. The van der Waals surface area contributed by atoms with Gasteiger partial charge in [-0.25, -0.2) is 0 Å². The van der Waals surface area contributed by atoms with Gasteiger partial charge in [0.05, 0.1) is 26.6 Å². The van der Waals surface area contributed by atoms with Crippen molar-refractivity contribution in [3.63, 3.8) is 0 Å². The van der Waals surface area contributed by atoms with E-state index in [2.05, 4.69) is 4.99 Å². The van der Waals surface area contributed by atoms with E-state index in [0.717, 1.165) is 5.56 Å². The predicted molar refractivity (Wildman–Crippen MR) is 103 cm³/mol. The van der Waals surface area contributed by atoms with E-state index < -0.39 is 5.91 Å². The van der Waals surface area contributed by atoms with Gasteiger partial charge in [0.2, 0.25) is 0 Å². The molecule has 0 aliphatic heterocycles. The van der Waals surface area contributed by atoms with Gasteiger partial charge in [-0.1, -0.05) is 6.07 Å². The highest BCUT2D eigenvalue weighted by Crippen LogP contribution is 2.27. The maximum Gasteiger partial charge on any atom is 0.317 e. The zero-order chi connectivity index (χ0) is 19.8. The number of nitrogens with zero attached hydrogens (tertiary/aromatic N) is 2. The van der Waals surface area contributed by atoms with Crippen LogP contribution in [0.1, 0.15) is 30.0 Å². The molecule has 7 nitrogen and oxygen atoms in total. The Balaban J connectivity index is 2.09. The number of hydrogen-bond donors (Lipinski definition) is 0. The smallest absolute Gasteiger partial charge is 0.317 e. The number of amidine groups is 1. The molecule has 0 radical (unpaired) electrons. The molecule has 0 atom stereocenters. The molecule has 1 heterocycles. The quantitative estimate of drug-likeness (QED) is 0.546. The van der Waals surface area contributed by atoms with E-state index in [-0.39, 0.29) is 17.9 Å². The Bertz CT molecular complexity index is 769. The van der Waals surface area contributed by atoms with Gasteiger partial charge in [-0.05, 0) is 50.1 Å². The molecule has 0 aliphatic carbocycles. The van der Waals surface area contributed by atoms with E-state index in [0.29, 0.717) is 24.5 Å². The van der Waals surface area contributed by atoms with Crippen molar-refractivity contribution in [2.45, 2.75) is 26.4 Å². The van der Waals surface area contributed by atoms with Crippen molar-refractivity contribution in [2.24, 2.45) is 4.99 Å². The summed E-state index contributed by atoms with van der Waals surface area (Å²) in [6.07, 6.45) is 2.04. The first-order valence-corrected chi connectivity index (χ1v) is 8.69. The molecule has 146 valence electrons. The van der Waals surface area contributed by atoms with Gasteiger partial charge in [0.1, 0.15) is 0 Å². The Kier molecular flexibility index (Phi) is 7.28. The molecule has 1 aromatic heterocycles. The number of carbonyl (C=O) groups excluding carboxylic acids is 1. The number of benzene rings is 1. The highest BCUT2D eigenvalue weighted by atomic mass is 16.5. The second kappa shape index (κ2) is 9.66. The molecule has 2 rings (SSSR count). The van der Waals surface area contributed by atoms with E-state index in [9.17, 15) is 4.79 Å². The molecule has 0 unspecified atom stereocenters. The zero-order valence-electron chi connectivity index (χ0n) is 16.4. The minimum Gasteiger partial charge on any atom is -0.493 e. The summed E-state index contributed by atoms with van der Waals surface area (Å²) in [5.74, 6) is 1.06. The Labute approximate surface area is 159 Å². The lowest BCUT2D eigenvalue weighted by Gasteiger charge is -2.22. The summed E-state index contributed by atoms with van der Waals surface area (Å²) in [7, 11) is 5.04. The average molecular weight is 374 g/mol. The number of amides is 1. The summed E-state index contributed by atoms with van der Waals surface area (Å²) < 4.78 is 21.4. The third-order valence-corrected chi connectivity index (χ3v) is 3.78. The number of carbonyl (C=O) groups is 1. The van der Waals surface area contributed by atoms with Crippen LogP contribution in [-0.2, 0) is 11.2 Å². The highest BCUT2D eigenvalue weighted by Gasteiger charge is 2.16. The van der Waals surface area contributed by atoms with E-state index in [1.165, 1.54) is 6.26 Å². The number of hydrogen-bond acceptors (Lipinski definition) is 5. The molecule has 2 aromatic rings. The van der Waals surface area contributed by atoms with Gasteiger partial charge in [-0.2, -0.15) is 4.99 Å². The lowest BCUT2D eigenvalue weighted by molar-refractivity contribution is 0.0964. The van der Waals surface area contributed by atoms with Gasteiger partial charge in [0.25, 0.3) is 6.02 Å². The first-order chi connectivity index (χ1) is 12.9. The summed E-state index contributed by atoms with van der Waals surface area (Å²) in [6.45, 7) is 4.37. The van der Waals surface area contributed by atoms with Gasteiger partial charge in [0, 0.05) is 13.6 Å². The van der Waals surface area contributed by atoms with Crippen molar-refractivity contribution in [3.05, 3.63) is 47.9 Å². The maximum absolute atomic E-state index is 12.2. The molecule has 0 bridgehead atoms. The fraction of sp³-hybridized carbons (Fsp3) is 0.400. The Morgan fingerprint density at radius 2 is 1.93 bits per heavy atom. The fourth-order valence-corrected chi connectivity index (χ4v) is 2.38. The number of ether oxygens (including phenoxy) is 3. The van der Waals surface area contributed by atoms with Gasteiger partial charge < -0.3 is 23.5 Å². The highest BCUT2D eigenvalue weighted by molar-refractivity contribution is 5.99. The van der Waals surface area contributed by atoms with E-state index >= 15 is 0 Å². The van der Waals surface area contributed by atoms with Gasteiger partial charge in [-0.3, -0.25) is 4.79 Å². The summed E-state index contributed by atoms with van der Waals surface area (Å²) in [6, 6.07) is 9.25. The van der Waals surface area contributed by atoms with Crippen LogP contribution < -0.4 is 9.47 Å². The first-order valence-electron chi connectivity index (χ1n) is 8.69. The van der Waals surface area contributed by atoms with Gasteiger partial charge >= 0.3 is 5.91 Å². The summed E-state index contributed by atoms with van der Waals surface area (Å²) in [4.78, 5) is 18.1. The SMILES string of the molecule is COc1ccc(CCN(C)C(=NC(=O)c2ccco2)OC(C)C)cc1OC. The van der Waals surface area contributed by atoms with Gasteiger partial charge in [-0.15, -0.1) is 0 Å². The van der Waals surface area contributed by atoms with Crippen molar-refractivity contribution < 1.29 is 23.4 Å². The second-order valence-electron chi connectivity index (χ2n) is 6.20. The number of rotatable bonds is 7. The third kappa shape index (κ3) is 5.77. The lowest BCUT2D eigenvalue weighted by atomic mass is 10.1. The molecule has 0 fully saturated rings. The number of likely N-dealkylation sites (N-methyl/N-ethyl adjacent to an activating group) is 1. The van der Waals surface area contributed by atoms with Crippen LogP contribution in [0.2, 0.25) is 0 Å². The zero-order valence-corrected chi connectivity index (χ0v) is 16.4. The molecule has 7 heteroatoms. The van der Waals surface area contributed by atoms with E-state index in [1.807, 2.05) is 39.1 Å². The van der Waals surface area contributed by atoms with Crippen LogP contribution in [-0.4, -0.2) is 50.7 Å². The predicted octanol–water partition coefficient (Wildman–Crippen LogP) is 3.39. The molecule has 0 N–H and O–H groups in total. The third-order valence-electron chi connectivity index (χ3n) is 3.78. The average Bonchev–Trinajstić information content (AvgIpc) is 3.19. The molecule has 1 amide bonds. The minimum atomic E-state index is -0.478. The molecule has 0 aliphatic rings. The lowest BCUT2D eigenvalue weighted by Crippen LogP contribution is -2.33. The van der Waals surface area contributed by atoms with Crippen LogP contribution >= 0.6 is 0 Å². The fourth-order valence-electron chi connectivity index (χ4n) is 2.38. The van der Waals surface area contributed by atoms with Crippen LogP contribution in [0.25, 0.3) is 0 Å². The molecule has 0 saturated carbocycles. The van der Waals surface area contributed by atoms with E-state index in [4.69, 9.17) is 18.6 Å². The number of furan rings is 1. The molecule has 0 saturated heterocycles. The summed E-state index contributed by atoms with van der Waals surface area (Å²) in [5, 5.41) is 0. The normalized spacial score (nSPS) is 11.4. The van der Waals surface area contributed by atoms with Gasteiger partial charge in [0.15, 0.2) is 17.3 Å². The Morgan fingerprint density at radius 1 is 1.19 bits per heavy atom. The second-order valence-corrected chi connectivity index (χ2v) is 6.20. The first kappa shape index (κ1) is 20.4. The van der Waals surface area contributed by atoms with Crippen molar-refractivity contribution >= 4 is 11.9 Å². The molecule has 1 aromatic carbocycles. The van der Waals surface area contributed by atoms with Crippen LogP contribution in [0.5, 0.6) is 11.5 Å². The summed E-state index contributed by atoms with van der Waals surface area (Å²) >= 11 is 0. The largest absolute Gasteiger partial charge is 0.493 e. The Morgan fingerprint density at radius 3 is 2.52 bits per heavy atom. The minimum absolute atomic E-state index is 0.114. The van der Waals surface area contributed by atoms with E-state index in [1.54, 1.807) is 31.3 Å². The molecular weight excluding hydrogens is 348 g/mol. The number of methoxy groups -OCH3 is 2. The Hall–Kier alpha value is -2.96. The van der Waals surface area contributed by atoms with Crippen LogP contribution in [0, 0.1) is 0 Å². The van der Waals surface area contributed by atoms with Crippen molar-refractivity contribution in [2.75, 3.05) is 27.8 Å². The van der Waals surface area contributed by atoms with Crippen LogP contribution in [0.3, 0.4) is 0 Å². The number of aliphatic imine (C=N–C) groups is 1. The maximum atomic E-state index is 12.2. The monoisotopic (exact) mass is 374 g/mol. The van der Waals surface area contributed by atoms with Crippen LogP contribution in [0.4, 0.5) is 0 Å². The van der Waals surface area contributed by atoms with Crippen molar-refractivity contribution in [1.82, 2.24) is 4.90 Å². The van der Waals surface area contributed by atoms with Crippen molar-refractivity contribution in [1.29, 1.82) is 0 Å². The molecule has 0 spiro atoms. The standard InChI is InChI=1S/C20H26N2O5/c1-14(2)27-20(21-19(23)17-7-6-12-26-17)22(3)11-10-15-8-9-16(24-4)18(13-15)25-5/h6-9,12-14H,10-11H2,1-5H3. The molecule has 27 heavy (non-hydrogen) atoms. The van der Waals surface area contributed by atoms with Crippen molar-refractivity contribution in [3.8, 4) is 11.5 Å².